The smallest absolute Gasteiger partial charge is 0.355 e. The molecule has 0 radical (unpaired) electrons. The number of carboxylic acids is 1. The van der Waals surface area contributed by atoms with Crippen molar-refractivity contribution < 1.29 is 9.90 Å². The van der Waals surface area contributed by atoms with Crippen molar-refractivity contribution in [3.63, 3.8) is 0 Å². The van der Waals surface area contributed by atoms with Gasteiger partial charge in [0, 0.05) is 16.5 Å². The molecule has 0 amide bonds. The van der Waals surface area contributed by atoms with E-state index in [0.29, 0.717) is 10.0 Å². The lowest BCUT2D eigenvalue weighted by Crippen LogP contribution is -2.06. The summed E-state index contributed by atoms with van der Waals surface area (Å²) >= 11 is 2.90. The molecule has 7 heteroatoms. The van der Waals surface area contributed by atoms with Gasteiger partial charge in [0.05, 0.1) is 6.04 Å². The van der Waals surface area contributed by atoms with E-state index in [-0.39, 0.29) is 11.7 Å². The van der Waals surface area contributed by atoms with Crippen LogP contribution in [0.4, 0.5) is 5.13 Å². The lowest BCUT2D eigenvalue weighted by Gasteiger charge is -2.08. The summed E-state index contributed by atoms with van der Waals surface area (Å²) in [6, 6.07) is 0.0298. The second-order valence-electron chi connectivity index (χ2n) is 3.47. The van der Waals surface area contributed by atoms with E-state index in [2.05, 4.69) is 15.3 Å². The summed E-state index contributed by atoms with van der Waals surface area (Å²) in [5.74, 6) is -0.992. The van der Waals surface area contributed by atoms with Crippen LogP contribution in [0.5, 0.6) is 0 Å². The molecule has 0 aromatic carbocycles. The highest BCUT2D eigenvalue weighted by atomic mass is 32.1. The van der Waals surface area contributed by atoms with Gasteiger partial charge in [0.2, 0.25) is 0 Å². The predicted octanol–water partition coefficient (Wildman–Crippen LogP) is 2.78. The number of thiazole rings is 2. The van der Waals surface area contributed by atoms with Gasteiger partial charge in [-0.25, -0.2) is 14.8 Å². The molecular weight excluding hydrogens is 258 g/mol. The maximum atomic E-state index is 10.9. The molecule has 2 rings (SSSR count). The molecule has 17 heavy (non-hydrogen) atoms. The van der Waals surface area contributed by atoms with Crippen LogP contribution < -0.4 is 5.32 Å². The van der Waals surface area contributed by atoms with Crippen molar-refractivity contribution in [2.75, 3.05) is 5.32 Å². The molecule has 2 heterocycles. The molecule has 0 saturated heterocycles. The monoisotopic (exact) mass is 269 g/mol. The minimum atomic E-state index is -0.992. The van der Waals surface area contributed by atoms with Crippen molar-refractivity contribution in [2.24, 2.45) is 0 Å². The summed E-state index contributed by atoms with van der Waals surface area (Å²) in [5, 5.41) is 15.5. The first-order valence-electron chi connectivity index (χ1n) is 4.94. The number of aryl methyl sites for hydroxylation is 1. The van der Waals surface area contributed by atoms with Gasteiger partial charge in [-0.15, -0.1) is 22.7 Å². The van der Waals surface area contributed by atoms with E-state index in [1.165, 1.54) is 11.3 Å². The summed E-state index contributed by atoms with van der Waals surface area (Å²) in [6.07, 6.45) is 1.74. The molecule has 0 bridgehead atoms. The highest BCUT2D eigenvalue weighted by molar-refractivity contribution is 7.15. The van der Waals surface area contributed by atoms with Crippen LogP contribution in [0, 0.1) is 6.92 Å². The molecule has 90 valence electrons. The van der Waals surface area contributed by atoms with Crippen LogP contribution in [-0.2, 0) is 0 Å². The van der Waals surface area contributed by atoms with Crippen LogP contribution in [0.3, 0.4) is 0 Å². The molecule has 1 atom stereocenters. The van der Waals surface area contributed by atoms with E-state index in [1.807, 2.05) is 12.3 Å². The third kappa shape index (κ3) is 2.62. The van der Waals surface area contributed by atoms with Crippen molar-refractivity contribution in [1.29, 1.82) is 0 Å². The number of aromatic nitrogens is 2. The first kappa shape index (κ1) is 12.0. The maximum Gasteiger partial charge on any atom is 0.355 e. The van der Waals surface area contributed by atoms with E-state index < -0.39 is 5.97 Å². The zero-order valence-corrected chi connectivity index (χ0v) is 10.9. The molecule has 2 N–H and O–H groups in total. The lowest BCUT2D eigenvalue weighted by atomic mass is 10.4. The van der Waals surface area contributed by atoms with Gasteiger partial charge >= 0.3 is 5.97 Å². The summed E-state index contributed by atoms with van der Waals surface area (Å²) in [5.41, 5.74) is 0.115. The van der Waals surface area contributed by atoms with Gasteiger partial charge < -0.3 is 10.4 Å². The summed E-state index contributed by atoms with van der Waals surface area (Å²) in [4.78, 5) is 19.8. The number of hydrogen-bond acceptors (Lipinski definition) is 6. The van der Waals surface area contributed by atoms with Gasteiger partial charge in [0.25, 0.3) is 0 Å². The highest BCUT2D eigenvalue weighted by Crippen LogP contribution is 2.26. The predicted molar refractivity (Wildman–Crippen MR) is 68.0 cm³/mol. The average molecular weight is 269 g/mol. The number of hydrogen-bond donors (Lipinski definition) is 2. The molecule has 0 saturated carbocycles. The van der Waals surface area contributed by atoms with Crippen LogP contribution in [0.2, 0.25) is 0 Å². The molecule has 2 aromatic rings. The Hall–Kier alpha value is -1.47. The lowest BCUT2D eigenvalue weighted by molar-refractivity contribution is 0.0690. The van der Waals surface area contributed by atoms with Crippen LogP contribution in [-0.4, -0.2) is 21.0 Å². The number of rotatable bonds is 4. The van der Waals surface area contributed by atoms with Crippen molar-refractivity contribution in [3.8, 4) is 0 Å². The summed E-state index contributed by atoms with van der Waals surface area (Å²) in [7, 11) is 0. The molecule has 5 nitrogen and oxygen atoms in total. The van der Waals surface area contributed by atoms with E-state index in [1.54, 1.807) is 24.5 Å². The maximum absolute atomic E-state index is 10.9. The fraction of sp³-hybridized carbons (Fsp3) is 0.300. The van der Waals surface area contributed by atoms with Crippen molar-refractivity contribution in [3.05, 3.63) is 27.2 Å². The number of carbonyl (C=O) groups is 1. The summed E-state index contributed by atoms with van der Waals surface area (Å²) < 4.78 is 0. The normalized spacial score (nSPS) is 12.4. The quantitative estimate of drug-likeness (QED) is 0.892. The third-order valence-electron chi connectivity index (χ3n) is 2.16. The largest absolute Gasteiger partial charge is 0.476 e. The number of nitrogens with zero attached hydrogens (tertiary/aromatic N) is 2. The third-order valence-corrected chi connectivity index (χ3v) is 4.02. The van der Waals surface area contributed by atoms with Crippen LogP contribution >= 0.6 is 22.7 Å². The molecule has 0 aliphatic heterocycles. The number of nitrogens with one attached hydrogen (secondary N) is 1. The van der Waals surface area contributed by atoms with Crippen molar-refractivity contribution >= 4 is 33.8 Å². The molecule has 0 fully saturated rings. The van der Waals surface area contributed by atoms with Crippen LogP contribution in [0.25, 0.3) is 0 Å². The number of anilines is 1. The Morgan fingerprint density at radius 3 is 2.88 bits per heavy atom. The second-order valence-corrected chi connectivity index (χ2v) is 5.59. The Kier molecular flexibility index (Phi) is 3.39. The second kappa shape index (κ2) is 4.80. The van der Waals surface area contributed by atoms with Gasteiger partial charge in [0.1, 0.15) is 5.01 Å². The number of carboxylic acid groups (broad SMARTS) is 1. The Bertz CT molecular complexity index is 522. The standard InChI is InChI=1S/C10H11N3O2S2/c1-5(8-11-3-4-16-8)12-10-13-7(9(14)15)6(2)17-10/h3-5H,1-2H3,(H,12,13)(H,14,15). The Labute approximate surface area is 106 Å². The molecule has 1 unspecified atom stereocenters. The summed E-state index contributed by atoms with van der Waals surface area (Å²) in [6.45, 7) is 3.72. The van der Waals surface area contributed by atoms with Crippen LogP contribution in [0.1, 0.15) is 33.3 Å². The molecule has 2 aromatic heterocycles. The SMILES string of the molecule is Cc1sc(NC(C)c2nccs2)nc1C(=O)O. The van der Waals surface area contributed by atoms with Gasteiger partial charge in [-0.3, -0.25) is 0 Å². The highest BCUT2D eigenvalue weighted by Gasteiger charge is 2.16. The topological polar surface area (TPSA) is 75.1 Å². The Morgan fingerprint density at radius 1 is 1.59 bits per heavy atom. The molecule has 0 aliphatic carbocycles. The minimum absolute atomic E-state index is 0.0298. The fourth-order valence-electron chi connectivity index (χ4n) is 1.35. The molecule has 0 spiro atoms. The Morgan fingerprint density at radius 2 is 2.35 bits per heavy atom. The van der Waals surface area contributed by atoms with Gasteiger partial charge in [0.15, 0.2) is 10.8 Å². The zero-order valence-electron chi connectivity index (χ0n) is 9.30. The Balaban J connectivity index is 2.14. The minimum Gasteiger partial charge on any atom is -0.476 e. The van der Waals surface area contributed by atoms with E-state index in [4.69, 9.17) is 5.11 Å². The van der Waals surface area contributed by atoms with Gasteiger partial charge in [-0.1, -0.05) is 0 Å². The van der Waals surface area contributed by atoms with Crippen LogP contribution in [0.15, 0.2) is 11.6 Å². The first-order valence-corrected chi connectivity index (χ1v) is 6.64. The number of aromatic carboxylic acids is 1. The molecular formula is C10H11N3O2S2. The van der Waals surface area contributed by atoms with Crippen molar-refractivity contribution in [1.82, 2.24) is 9.97 Å². The van der Waals surface area contributed by atoms with E-state index >= 15 is 0 Å². The van der Waals surface area contributed by atoms with Gasteiger partial charge in [-0.2, -0.15) is 0 Å². The average Bonchev–Trinajstić information content (AvgIpc) is 2.86. The first-order chi connectivity index (χ1) is 8.08. The fourth-order valence-corrected chi connectivity index (χ4v) is 2.89. The van der Waals surface area contributed by atoms with Gasteiger partial charge in [-0.05, 0) is 13.8 Å². The van der Waals surface area contributed by atoms with Crippen molar-refractivity contribution in [2.45, 2.75) is 19.9 Å². The zero-order chi connectivity index (χ0) is 12.4. The van der Waals surface area contributed by atoms with E-state index in [9.17, 15) is 4.79 Å². The molecule has 0 aliphatic rings. The van der Waals surface area contributed by atoms with E-state index in [0.717, 1.165) is 5.01 Å².